The summed E-state index contributed by atoms with van der Waals surface area (Å²) in [6, 6.07) is 13.9. The van der Waals surface area contributed by atoms with Crippen molar-refractivity contribution in [3.63, 3.8) is 0 Å². The van der Waals surface area contributed by atoms with E-state index in [1.165, 1.54) is 0 Å². The molecule has 1 fully saturated rings. The van der Waals surface area contributed by atoms with E-state index in [-0.39, 0.29) is 0 Å². The fourth-order valence-corrected chi connectivity index (χ4v) is 3.07. The average Bonchev–Trinajstić information content (AvgIpc) is 3.29. The van der Waals surface area contributed by atoms with Crippen LogP contribution in [0.3, 0.4) is 0 Å². The fraction of sp³-hybridized carbons (Fsp3) is 0.333. The number of aryl methyl sites for hydroxylation is 1. The zero-order valence-corrected chi connectivity index (χ0v) is 13.1. The summed E-state index contributed by atoms with van der Waals surface area (Å²) in [5, 5.41) is 8.44. The third-order valence-corrected chi connectivity index (χ3v) is 4.26. The van der Waals surface area contributed by atoms with Crippen LogP contribution in [0.2, 0.25) is 0 Å². The third-order valence-electron chi connectivity index (χ3n) is 4.26. The summed E-state index contributed by atoms with van der Waals surface area (Å²) >= 11 is 0. The summed E-state index contributed by atoms with van der Waals surface area (Å²) in [6.07, 6.45) is 1.04. The molecule has 118 valence electrons. The van der Waals surface area contributed by atoms with Crippen LogP contribution in [0.5, 0.6) is 0 Å². The summed E-state index contributed by atoms with van der Waals surface area (Å²) < 4.78 is 11.5. The number of hydrogen-bond donors (Lipinski definition) is 0. The molecule has 0 spiro atoms. The van der Waals surface area contributed by atoms with E-state index in [4.69, 9.17) is 8.83 Å². The summed E-state index contributed by atoms with van der Waals surface area (Å²) in [7, 11) is 0. The quantitative estimate of drug-likeness (QED) is 0.736. The van der Waals surface area contributed by atoms with Gasteiger partial charge in [-0.1, -0.05) is 18.2 Å². The van der Waals surface area contributed by atoms with Crippen molar-refractivity contribution in [1.82, 2.24) is 15.1 Å². The molecule has 0 radical (unpaired) electrons. The highest BCUT2D eigenvalue weighted by Gasteiger charge is 2.28. The molecule has 1 saturated heterocycles. The molecule has 4 rings (SSSR count). The number of benzene rings is 1. The van der Waals surface area contributed by atoms with E-state index < -0.39 is 0 Å². The van der Waals surface area contributed by atoms with Crippen molar-refractivity contribution in [3.05, 3.63) is 59.9 Å². The molecule has 0 aliphatic carbocycles. The standard InChI is InChI=1S/C18H19N3O2/c1-13-7-8-16(22-13)12-21-10-9-15(11-21)18-20-19-17(23-18)14-5-3-2-4-6-14/h2-8,15H,9-12H2,1H3/t15-/m0/s1. The first kappa shape index (κ1) is 14.2. The highest BCUT2D eigenvalue weighted by atomic mass is 16.4. The second-order valence-corrected chi connectivity index (χ2v) is 6.04. The molecule has 2 aromatic heterocycles. The van der Waals surface area contributed by atoms with E-state index in [2.05, 4.69) is 15.1 Å². The molecule has 23 heavy (non-hydrogen) atoms. The minimum absolute atomic E-state index is 0.302. The normalized spacial score (nSPS) is 18.6. The Bertz CT molecular complexity index is 778. The van der Waals surface area contributed by atoms with Gasteiger partial charge in [-0.05, 0) is 44.2 Å². The zero-order valence-electron chi connectivity index (χ0n) is 13.1. The molecule has 5 heteroatoms. The van der Waals surface area contributed by atoms with Gasteiger partial charge in [-0.3, -0.25) is 4.90 Å². The summed E-state index contributed by atoms with van der Waals surface area (Å²) in [5.41, 5.74) is 0.965. The molecule has 0 N–H and O–H groups in total. The molecule has 1 atom stereocenters. The van der Waals surface area contributed by atoms with Crippen molar-refractivity contribution in [1.29, 1.82) is 0 Å². The number of rotatable bonds is 4. The second kappa shape index (κ2) is 6.01. The molecule has 0 amide bonds. The second-order valence-electron chi connectivity index (χ2n) is 6.04. The topological polar surface area (TPSA) is 55.3 Å². The Kier molecular flexibility index (Phi) is 3.71. The van der Waals surface area contributed by atoms with E-state index in [0.29, 0.717) is 11.8 Å². The van der Waals surface area contributed by atoms with E-state index >= 15 is 0 Å². The average molecular weight is 309 g/mol. The molecule has 5 nitrogen and oxygen atoms in total. The fourth-order valence-electron chi connectivity index (χ4n) is 3.07. The van der Waals surface area contributed by atoms with Gasteiger partial charge in [-0.15, -0.1) is 10.2 Å². The van der Waals surface area contributed by atoms with Gasteiger partial charge in [0.1, 0.15) is 11.5 Å². The van der Waals surface area contributed by atoms with Crippen molar-refractivity contribution in [2.24, 2.45) is 0 Å². The predicted molar refractivity (Wildman–Crippen MR) is 85.8 cm³/mol. The van der Waals surface area contributed by atoms with Gasteiger partial charge < -0.3 is 8.83 Å². The summed E-state index contributed by atoms with van der Waals surface area (Å²) in [5.74, 6) is 3.61. The summed E-state index contributed by atoms with van der Waals surface area (Å²) in [4.78, 5) is 2.37. The lowest BCUT2D eigenvalue weighted by atomic mass is 10.1. The maximum atomic E-state index is 5.88. The Morgan fingerprint density at radius 1 is 1.09 bits per heavy atom. The number of likely N-dealkylation sites (tertiary alicyclic amines) is 1. The van der Waals surface area contributed by atoms with Crippen LogP contribution in [0.25, 0.3) is 11.5 Å². The monoisotopic (exact) mass is 309 g/mol. The molecule has 1 aromatic carbocycles. The lowest BCUT2D eigenvalue weighted by Crippen LogP contribution is -2.19. The largest absolute Gasteiger partial charge is 0.465 e. The van der Waals surface area contributed by atoms with Gasteiger partial charge in [-0.2, -0.15) is 0 Å². The van der Waals surface area contributed by atoms with Crippen LogP contribution in [0.1, 0.15) is 29.7 Å². The smallest absolute Gasteiger partial charge is 0.247 e. The van der Waals surface area contributed by atoms with Crippen LogP contribution in [0.15, 0.2) is 51.3 Å². The van der Waals surface area contributed by atoms with Crippen molar-refractivity contribution < 1.29 is 8.83 Å². The van der Waals surface area contributed by atoms with Gasteiger partial charge in [-0.25, -0.2) is 0 Å². The first-order valence-electron chi connectivity index (χ1n) is 7.94. The number of aromatic nitrogens is 2. The minimum Gasteiger partial charge on any atom is -0.465 e. The van der Waals surface area contributed by atoms with Crippen LogP contribution in [0, 0.1) is 6.92 Å². The maximum absolute atomic E-state index is 5.88. The van der Waals surface area contributed by atoms with Gasteiger partial charge in [0.15, 0.2) is 0 Å². The molecule has 0 bridgehead atoms. The highest BCUT2D eigenvalue weighted by molar-refractivity contribution is 5.51. The molecular weight excluding hydrogens is 290 g/mol. The van der Waals surface area contributed by atoms with Crippen LogP contribution in [-0.2, 0) is 6.54 Å². The molecule has 0 unspecified atom stereocenters. The first-order valence-corrected chi connectivity index (χ1v) is 7.94. The Hall–Kier alpha value is -2.40. The number of furan rings is 1. The Labute approximate surface area is 134 Å². The lowest BCUT2D eigenvalue weighted by Gasteiger charge is -2.12. The molecular formula is C18H19N3O2. The van der Waals surface area contributed by atoms with Crippen LogP contribution >= 0.6 is 0 Å². The van der Waals surface area contributed by atoms with E-state index in [0.717, 1.165) is 49.0 Å². The lowest BCUT2D eigenvalue weighted by molar-refractivity contribution is 0.287. The van der Waals surface area contributed by atoms with E-state index in [1.54, 1.807) is 0 Å². The molecule has 1 aliphatic heterocycles. The summed E-state index contributed by atoms with van der Waals surface area (Å²) in [6.45, 7) is 4.76. The minimum atomic E-state index is 0.302. The van der Waals surface area contributed by atoms with Crippen molar-refractivity contribution in [3.8, 4) is 11.5 Å². The van der Waals surface area contributed by atoms with E-state index in [9.17, 15) is 0 Å². The van der Waals surface area contributed by atoms with Crippen molar-refractivity contribution in [2.45, 2.75) is 25.8 Å². The van der Waals surface area contributed by atoms with Crippen LogP contribution < -0.4 is 0 Å². The van der Waals surface area contributed by atoms with Gasteiger partial charge >= 0.3 is 0 Å². The Balaban J connectivity index is 1.43. The van der Waals surface area contributed by atoms with Gasteiger partial charge in [0.25, 0.3) is 0 Å². The van der Waals surface area contributed by atoms with Crippen LogP contribution in [-0.4, -0.2) is 28.2 Å². The van der Waals surface area contributed by atoms with Gasteiger partial charge in [0.2, 0.25) is 11.8 Å². The molecule has 3 aromatic rings. The van der Waals surface area contributed by atoms with Gasteiger partial charge in [0.05, 0.1) is 12.5 Å². The SMILES string of the molecule is Cc1ccc(CN2CC[C@H](c3nnc(-c4ccccc4)o3)C2)o1. The number of nitrogens with zero attached hydrogens (tertiary/aromatic N) is 3. The predicted octanol–water partition coefficient (Wildman–Crippen LogP) is 3.63. The third kappa shape index (κ3) is 3.05. The Morgan fingerprint density at radius 3 is 2.74 bits per heavy atom. The van der Waals surface area contributed by atoms with E-state index in [1.807, 2.05) is 49.4 Å². The Morgan fingerprint density at radius 2 is 1.96 bits per heavy atom. The van der Waals surface area contributed by atoms with Crippen molar-refractivity contribution in [2.75, 3.05) is 13.1 Å². The molecule has 0 saturated carbocycles. The molecule has 3 heterocycles. The zero-order chi connectivity index (χ0) is 15.6. The molecule has 1 aliphatic rings. The highest BCUT2D eigenvalue weighted by Crippen LogP contribution is 2.29. The van der Waals surface area contributed by atoms with Gasteiger partial charge in [0, 0.05) is 12.1 Å². The van der Waals surface area contributed by atoms with Crippen LogP contribution in [0.4, 0.5) is 0 Å². The number of hydrogen-bond acceptors (Lipinski definition) is 5. The maximum Gasteiger partial charge on any atom is 0.247 e. The first-order chi connectivity index (χ1) is 11.3. The van der Waals surface area contributed by atoms with Crippen molar-refractivity contribution >= 4 is 0 Å².